The van der Waals surface area contributed by atoms with Crippen LogP contribution in [0, 0.1) is 0 Å². The lowest BCUT2D eigenvalue weighted by atomic mass is 10.1. The number of thioether (sulfide) groups is 1. The fourth-order valence-electron chi connectivity index (χ4n) is 1.34. The molecule has 0 radical (unpaired) electrons. The first kappa shape index (κ1) is 15.7. The number of nitrogens with two attached hydrogens (primary N) is 1. The van der Waals surface area contributed by atoms with Crippen LogP contribution >= 0.6 is 11.8 Å². The van der Waals surface area contributed by atoms with E-state index in [0.717, 1.165) is 17.3 Å². The van der Waals surface area contributed by atoms with E-state index in [9.17, 15) is 0 Å². The largest absolute Gasteiger partial charge is 0.497 e. The molecule has 1 aromatic rings. The van der Waals surface area contributed by atoms with Crippen molar-refractivity contribution in [1.82, 2.24) is 0 Å². The van der Waals surface area contributed by atoms with Gasteiger partial charge in [0.2, 0.25) is 0 Å². The Hall–Kier alpha value is -1.36. The predicted octanol–water partition coefficient (Wildman–Crippen LogP) is 2.92. The molecule has 0 aliphatic heterocycles. The summed E-state index contributed by atoms with van der Waals surface area (Å²) < 4.78 is 10.7. The lowest BCUT2D eigenvalue weighted by Gasteiger charge is -2.13. The molecule has 5 heteroatoms. The van der Waals surface area contributed by atoms with Crippen molar-refractivity contribution in [2.45, 2.75) is 26.3 Å². The summed E-state index contributed by atoms with van der Waals surface area (Å²) in [4.78, 5) is 4.36. The van der Waals surface area contributed by atoms with E-state index in [1.165, 1.54) is 11.8 Å². The van der Waals surface area contributed by atoms with E-state index in [1.807, 2.05) is 45.0 Å². The zero-order valence-corrected chi connectivity index (χ0v) is 12.8. The van der Waals surface area contributed by atoms with Crippen LogP contribution in [0.2, 0.25) is 0 Å². The summed E-state index contributed by atoms with van der Waals surface area (Å²) in [5.74, 6) is 2.42. The third-order valence-electron chi connectivity index (χ3n) is 2.11. The van der Waals surface area contributed by atoms with Crippen LogP contribution in [0.15, 0.2) is 29.3 Å². The Morgan fingerprint density at radius 1 is 1.21 bits per heavy atom. The van der Waals surface area contributed by atoms with Crippen molar-refractivity contribution in [1.29, 1.82) is 0 Å². The molecule has 0 saturated carbocycles. The minimum atomic E-state index is -0.131. The van der Waals surface area contributed by atoms with Gasteiger partial charge in [-0.15, -0.1) is 0 Å². The number of ether oxygens (including phenoxy) is 2. The van der Waals surface area contributed by atoms with Crippen molar-refractivity contribution in [2.24, 2.45) is 10.7 Å². The maximum atomic E-state index is 5.82. The second-order valence-corrected chi connectivity index (χ2v) is 6.11. The number of amidine groups is 1. The van der Waals surface area contributed by atoms with Crippen molar-refractivity contribution in [3.8, 4) is 11.5 Å². The van der Waals surface area contributed by atoms with E-state index in [2.05, 4.69) is 4.99 Å². The molecule has 0 fully saturated rings. The second kappa shape index (κ2) is 7.28. The second-order valence-electron chi connectivity index (χ2n) is 4.99. The van der Waals surface area contributed by atoms with Gasteiger partial charge in [-0.1, -0.05) is 11.8 Å². The third kappa shape index (κ3) is 6.96. The van der Waals surface area contributed by atoms with Crippen LogP contribution in [0.5, 0.6) is 11.5 Å². The van der Waals surface area contributed by atoms with Gasteiger partial charge in [0.15, 0.2) is 5.17 Å². The summed E-state index contributed by atoms with van der Waals surface area (Å²) in [6.45, 7) is 6.66. The molecular formula is C14H22N2O2S. The summed E-state index contributed by atoms with van der Waals surface area (Å²) in [6, 6.07) is 7.52. The summed E-state index contributed by atoms with van der Waals surface area (Å²) >= 11 is 1.51. The van der Waals surface area contributed by atoms with Gasteiger partial charge in [-0.3, -0.25) is 4.99 Å². The molecule has 4 nitrogen and oxygen atoms in total. The first-order valence-electron chi connectivity index (χ1n) is 6.16. The van der Waals surface area contributed by atoms with Gasteiger partial charge in [-0.2, -0.15) is 0 Å². The van der Waals surface area contributed by atoms with Gasteiger partial charge < -0.3 is 15.2 Å². The average Bonchev–Trinajstić information content (AvgIpc) is 2.33. The average molecular weight is 282 g/mol. The predicted molar refractivity (Wildman–Crippen MR) is 82.3 cm³/mol. The van der Waals surface area contributed by atoms with E-state index < -0.39 is 0 Å². The van der Waals surface area contributed by atoms with Crippen molar-refractivity contribution in [3.05, 3.63) is 24.3 Å². The fraction of sp³-hybridized carbons (Fsp3) is 0.500. The molecule has 2 N–H and O–H groups in total. The van der Waals surface area contributed by atoms with Gasteiger partial charge in [0.1, 0.15) is 11.5 Å². The number of aliphatic imine (C=N–C) groups is 1. The molecule has 0 spiro atoms. The maximum Gasteiger partial charge on any atom is 0.154 e. The number of hydrogen-bond acceptors (Lipinski definition) is 4. The Morgan fingerprint density at radius 2 is 1.79 bits per heavy atom. The molecule has 0 unspecified atom stereocenters. The van der Waals surface area contributed by atoms with Crippen LogP contribution in [-0.2, 0) is 0 Å². The topological polar surface area (TPSA) is 56.8 Å². The lowest BCUT2D eigenvalue weighted by molar-refractivity contribution is 0.343. The van der Waals surface area contributed by atoms with Gasteiger partial charge in [0.05, 0.1) is 19.3 Å². The van der Waals surface area contributed by atoms with Crippen LogP contribution in [0.25, 0.3) is 0 Å². The molecule has 0 amide bonds. The lowest BCUT2D eigenvalue weighted by Crippen LogP contribution is -2.18. The standard InChI is InChI=1S/C14H22N2O2S/c1-14(2,3)16-13(15)19-10-9-18-12-7-5-11(17-4)6-8-12/h5-8H,9-10H2,1-4H3,(H2,15,16). The van der Waals surface area contributed by atoms with Gasteiger partial charge in [0, 0.05) is 5.75 Å². The normalized spacial score (nSPS) is 12.3. The quantitative estimate of drug-likeness (QED) is 0.512. The highest BCUT2D eigenvalue weighted by Crippen LogP contribution is 2.17. The molecule has 0 aliphatic rings. The highest BCUT2D eigenvalue weighted by molar-refractivity contribution is 8.13. The molecule has 0 bridgehead atoms. The van der Waals surface area contributed by atoms with Gasteiger partial charge in [-0.05, 0) is 45.0 Å². The van der Waals surface area contributed by atoms with Crippen molar-refractivity contribution < 1.29 is 9.47 Å². The Kier molecular flexibility index (Phi) is 6.02. The summed E-state index contributed by atoms with van der Waals surface area (Å²) in [5, 5.41) is 0.603. The van der Waals surface area contributed by atoms with Crippen LogP contribution in [-0.4, -0.2) is 30.2 Å². The van der Waals surface area contributed by atoms with E-state index in [-0.39, 0.29) is 5.54 Å². The minimum Gasteiger partial charge on any atom is -0.497 e. The Bertz CT molecular complexity index is 410. The SMILES string of the molecule is COc1ccc(OCCSC(N)=NC(C)(C)C)cc1. The number of nitrogens with zero attached hydrogens (tertiary/aromatic N) is 1. The van der Waals surface area contributed by atoms with Gasteiger partial charge in [0.25, 0.3) is 0 Å². The molecule has 0 aromatic heterocycles. The van der Waals surface area contributed by atoms with Crippen LogP contribution in [0.1, 0.15) is 20.8 Å². The highest BCUT2D eigenvalue weighted by atomic mass is 32.2. The number of methoxy groups -OCH3 is 1. The van der Waals surface area contributed by atoms with Crippen molar-refractivity contribution >= 4 is 16.9 Å². The molecule has 19 heavy (non-hydrogen) atoms. The first-order valence-corrected chi connectivity index (χ1v) is 7.14. The smallest absolute Gasteiger partial charge is 0.154 e. The number of rotatable bonds is 5. The first-order chi connectivity index (χ1) is 8.90. The van der Waals surface area contributed by atoms with E-state index >= 15 is 0 Å². The van der Waals surface area contributed by atoms with Crippen LogP contribution < -0.4 is 15.2 Å². The molecule has 1 aromatic carbocycles. The Labute approximate surface area is 119 Å². The van der Waals surface area contributed by atoms with E-state index in [4.69, 9.17) is 15.2 Å². The number of hydrogen-bond donors (Lipinski definition) is 1. The monoisotopic (exact) mass is 282 g/mol. The molecular weight excluding hydrogens is 260 g/mol. The highest BCUT2D eigenvalue weighted by Gasteiger charge is 2.08. The van der Waals surface area contributed by atoms with E-state index in [0.29, 0.717) is 11.8 Å². The third-order valence-corrected chi connectivity index (χ3v) is 2.86. The zero-order valence-electron chi connectivity index (χ0n) is 12.0. The van der Waals surface area contributed by atoms with Crippen molar-refractivity contribution in [3.63, 3.8) is 0 Å². The zero-order chi connectivity index (χ0) is 14.3. The van der Waals surface area contributed by atoms with Crippen LogP contribution in [0.4, 0.5) is 0 Å². The number of benzene rings is 1. The fourth-order valence-corrected chi connectivity index (χ4v) is 2.05. The Morgan fingerprint density at radius 3 is 2.32 bits per heavy atom. The maximum absolute atomic E-state index is 5.82. The molecule has 0 saturated heterocycles. The van der Waals surface area contributed by atoms with E-state index in [1.54, 1.807) is 7.11 Å². The molecule has 106 valence electrons. The van der Waals surface area contributed by atoms with Crippen molar-refractivity contribution in [2.75, 3.05) is 19.5 Å². The summed E-state index contributed by atoms with van der Waals surface area (Å²) in [5.41, 5.74) is 5.69. The summed E-state index contributed by atoms with van der Waals surface area (Å²) in [6.07, 6.45) is 0. The van der Waals surface area contributed by atoms with Crippen LogP contribution in [0.3, 0.4) is 0 Å². The Balaban J connectivity index is 2.29. The molecule has 0 heterocycles. The van der Waals surface area contributed by atoms with Gasteiger partial charge >= 0.3 is 0 Å². The molecule has 1 rings (SSSR count). The minimum absolute atomic E-state index is 0.131. The summed E-state index contributed by atoms with van der Waals surface area (Å²) in [7, 11) is 1.64. The van der Waals surface area contributed by atoms with Gasteiger partial charge in [-0.25, -0.2) is 0 Å². The molecule has 0 aliphatic carbocycles. The molecule has 0 atom stereocenters.